The molecule has 0 amide bonds. The fourth-order valence-electron chi connectivity index (χ4n) is 3.42. The van der Waals surface area contributed by atoms with Crippen molar-refractivity contribution in [1.82, 2.24) is 24.1 Å². The normalized spacial score (nSPS) is 16.4. The molecule has 5 rings (SSSR count). The molecule has 0 saturated carbocycles. The molecule has 9 heteroatoms. The van der Waals surface area contributed by atoms with Gasteiger partial charge in [-0.1, -0.05) is 0 Å². The molecule has 8 nitrogen and oxygen atoms in total. The van der Waals surface area contributed by atoms with Gasteiger partial charge in [-0.2, -0.15) is 0 Å². The van der Waals surface area contributed by atoms with E-state index in [1.165, 1.54) is 12.3 Å². The minimum Gasteiger partial charge on any atom is -0.488 e. The lowest BCUT2D eigenvalue weighted by atomic mass is 10.2. The minimum absolute atomic E-state index is 0.165. The number of hydrogen-bond donors (Lipinski definition) is 1. The van der Waals surface area contributed by atoms with E-state index in [-0.39, 0.29) is 28.4 Å². The van der Waals surface area contributed by atoms with Gasteiger partial charge in [-0.15, -0.1) is 0 Å². The first-order valence-electron chi connectivity index (χ1n) is 8.49. The van der Waals surface area contributed by atoms with Crippen LogP contribution >= 0.6 is 0 Å². The van der Waals surface area contributed by atoms with Crippen molar-refractivity contribution < 1.29 is 9.13 Å². The second-order valence-electron chi connectivity index (χ2n) is 6.53. The average molecular weight is 367 g/mol. The summed E-state index contributed by atoms with van der Waals surface area (Å²) in [5, 5.41) is 0.165. The molecule has 5 heterocycles. The molecule has 136 valence electrons. The van der Waals surface area contributed by atoms with Crippen LogP contribution in [0.5, 0.6) is 5.75 Å². The second kappa shape index (κ2) is 5.50. The Morgan fingerprint density at radius 2 is 2.19 bits per heavy atom. The van der Waals surface area contributed by atoms with Gasteiger partial charge in [0.05, 0.1) is 11.5 Å². The third-order valence-corrected chi connectivity index (χ3v) is 4.74. The number of hydrogen-bond acceptors (Lipinski definition) is 5. The van der Waals surface area contributed by atoms with Gasteiger partial charge in [-0.05, 0) is 13.0 Å². The van der Waals surface area contributed by atoms with Crippen LogP contribution in [0.25, 0.3) is 28.0 Å². The van der Waals surface area contributed by atoms with Gasteiger partial charge in [0, 0.05) is 37.5 Å². The fraction of sp³-hybridized carbons (Fsp3) is 0.222. The molecule has 1 aliphatic heterocycles. The number of fused-ring (bicyclic) bond motifs is 2. The van der Waals surface area contributed by atoms with E-state index in [9.17, 15) is 14.0 Å². The molecular formula is C18H14FN5O3. The molecule has 4 aromatic heterocycles. The average Bonchev–Trinajstić information content (AvgIpc) is 2.96. The van der Waals surface area contributed by atoms with Crippen LogP contribution in [0.2, 0.25) is 0 Å². The van der Waals surface area contributed by atoms with Crippen LogP contribution < -0.4 is 15.9 Å². The van der Waals surface area contributed by atoms with E-state index in [4.69, 9.17) is 4.74 Å². The van der Waals surface area contributed by atoms with Crippen LogP contribution in [0.1, 0.15) is 13.3 Å². The monoisotopic (exact) mass is 367 g/mol. The van der Waals surface area contributed by atoms with Crippen molar-refractivity contribution >= 4 is 22.2 Å². The number of halogens is 1. The second-order valence-corrected chi connectivity index (χ2v) is 6.53. The van der Waals surface area contributed by atoms with E-state index in [1.807, 2.05) is 6.92 Å². The third-order valence-electron chi connectivity index (χ3n) is 4.74. The Labute approximate surface area is 150 Å². The Kier molecular flexibility index (Phi) is 3.21. The SMILES string of the molecule is CC1CCn2ccc(=O)c3cc(F)c(nc32)-n2c(=O)[nH]c3nccc(c32)O1. The van der Waals surface area contributed by atoms with E-state index in [0.717, 1.165) is 10.6 Å². The summed E-state index contributed by atoms with van der Waals surface area (Å²) < 4.78 is 23.8. The first-order valence-corrected chi connectivity index (χ1v) is 8.49. The molecule has 0 aromatic carbocycles. The van der Waals surface area contributed by atoms with Gasteiger partial charge < -0.3 is 9.30 Å². The van der Waals surface area contributed by atoms with Gasteiger partial charge in [-0.25, -0.2) is 23.7 Å². The summed E-state index contributed by atoms with van der Waals surface area (Å²) in [6, 6.07) is 4.14. The molecule has 0 radical (unpaired) electrons. The summed E-state index contributed by atoms with van der Waals surface area (Å²) in [4.78, 5) is 35.8. The lowest BCUT2D eigenvalue weighted by Crippen LogP contribution is -2.19. The quantitative estimate of drug-likeness (QED) is 0.511. The highest BCUT2D eigenvalue weighted by molar-refractivity contribution is 5.81. The van der Waals surface area contributed by atoms with Crippen molar-refractivity contribution in [2.24, 2.45) is 0 Å². The molecular weight excluding hydrogens is 353 g/mol. The smallest absolute Gasteiger partial charge is 0.333 e. The van der Waals surface area contributed by atoms with Crippen LogP contribution in [0.15, 0.2) is 40.2 Å². The highest BCUT2D eigenvalue weighted by Gasteiger charge is 2.22. The van der Waals surface area contributed by atoms with Gasteiger partial charge in [-0.3, -0.25) is 9.78 Å². The highest BCUT2D eigenvalue weighted by atomic mass is 19.1. The van der Waals surface area contributed by atoms with Gasteiger partial charge in [0.25, 0.3) is 0 Å². The number of pyridine rings is 3. The third kappa shape index (κ3) is 2.28. The predicted molar refractivity (Wildman–Crippen MR) is 95.9 cm³/mol. The number of H-pyrrole nitrogens is 1. The van der Waals surface area contributed by atoms with Crippen LogP contribution in [0, 0.1) is 5.82 Å². The molecule has 0 spiro atoms. The van der Waals surface area contributed by atoms with E-state index < -0.39 is 11.5 Å². The molecule has 1 atom stereocenters. The van der Waals surface area contributed by atoms with Crippen molar-refractivity contribution in [3.05, 3.63) is 57.1 Å². The van der Waals surface area contributed by atoms with Gasteiger partial charge in [0.1, 0.15) is 16.9 Å². The van der Waals surface area contributed by atoms with Gasteiger partial charge >= 0.3 is 5.69 Å². The zero-order valence-corrected chi connectivity index (χ0v) is 14.3. The number of imidazole rings is 1. The predicted octanol–water partition coefficient (Wildman–Crippen LogP) is 1.73. The number of aryl methyl sites for hydroxylation is 1. The Bertz CT molecular complexity index is 1340. The minimum atomic E-state index is -0.776. The Morgan fingerprint density at radius 1 is 1.33 bits per heavy atom. The van der Waals surface area contributed by atoms with Crippen molar-refractivity contribution in [2.45, 2.75) is 26.0 Å². The lowest BCUT2D eigenvalue weighted by molar-refractivity contribution is 0.206. The topological polar surface area (TPSA) is 94.8 Å². The Balaban J connectivity index is 1.98. The van der Waals surface area contributed by atoms with Crippen LogP contribution in [-0.2, 0) is 6.54 Å². The van der Waals surface area contributed by atoms with Crippen LogP contribution in [0.4, 0.5) is 4.39 Å². The van der Waals surface area contributed by atoms with Gasteiger partial charge in [0.15, 0.2) is 22.7 Å². The van der Waals surface area contributed by atoms with E-state index in [1.54, 1.807) is 16.8 Å². The fourth-order valence-corrected chi connectivity index (χ4v) is 3.42. The molecule has 27 heavy (non-hydrogen) atoms. The number of ether oxygens (including phenoxy) is 1. The first-order chi connectivity index (χ1) is 13.0. The summed E-state index contributed by atoms with van der Waals surface area (Å²) in [5.41, 5.74) is -0.00904. The first kappa shape index (κ1) is 15.7. The van der Waals surface area contributed by atoms with Gasteiger partial charge in [0.2, 0.25) is 0 Å². The lowest BCUT2D eigenvalue weighted by Gasteiger charge is -2.16. The van der Waals surface area contributed by atoms with Crippen LogP contribution in [-0.4, -0.2) is 30.2 Å². The summed E-state index contributed by atoms with van der Waals surface area (Å²) in [7, 11) is 0. The summed E-state index contributed by atoms with van der Waals surface area (Å²) in [6.07, 6.45) is 3.58. The molecule has 0 aliphatic carbocycles. The van der Waals surface area contributed by atoms with Crippen molar-refractivity contribution in [3.63, 3.8) is 0 Å². The highest BCUT2D eigenvalue weighted by Crippen LogP contribution is 2.28. The number of nitrogens with one attached hydrogen (secondary N) is 1. The maximum Gasteiger partial charge on any atom is 0.333 e. The van der Waals surface area contributed by atoms with E-state index in [0.29, 0.717) is 29.9 Å². The number of aromatic amines is 1. The standard InChI is InChI=1S/C18H14FN5O3/c1-9-3-6-23-7-4-12(25)10-8-11(19)17(22-16(10)23)24-14-13(27-9)2-5-20-15(14)21-18(24)26/h2,4-5,7-9H,3,6H2,1H3,(H,20,21,26). The molecule has 1 aliphatic rings. The molecule has 1 unspecified atom stereocenters. The van der Waals surface area contributed by atoms with Crippen LogP contribution in [0.3, 0.4) is 0 Å². The maximum atomic E-state index is 14.9. The van der Waals surface area contributed by atoms with Crippen molar-refractivity contribution in [1.29, 1.82) is 0 Å². The number of rotatable bonds is 0. The molecule has 0 fully saturated rings. The maximum absolute atomic E-state index is 14.9. The molecule has 1 N–H and O–H groups in total. The van der Waals surface area contributed by atoms with E-state index in [2.05, 4.69) is 15.0 Å². The van der Waals surface area contributed by atoms with E-state index >= 15 is 0 Å². The number of aromatic nitrogens is 5. The Morgan fingerprint density at radius 3 is 3.04 bits per heavy atom. The number of nitrogens with zero attached hydrogens (tertiary/aromatic N) is 4. The molecule has 2 bridgehead atoms. The Hall–Kier alpha value is -3.49. The summed E-state index contributed by atoms with van der Waals surface area (Å²) in [6.45, 7) is 2.43. The zero-order chi connectivity index (χ0) is 18.7. The summed E-state index contributed by atoms with van der Waals surface area (Å²) >= 11 is 0. The summed E-state index contributed by atoms with van der Waals surface area (Å²) in [5.74, 6) is -0.569. The molecule has 4 aromatic rings. The largest absolute Gasteiger partial charge is 0.488 e. The van der Waals surface area contributed by atoms with Crippen molar-refractivity contribution in [3.8, 4) is 11.6 Å². The zero-order valence-electron chi connectivity index (χ0n) is 14.3. The van der Waals surface area contributed by atoms with Crippen molar-refractivity contribution in [2.75, 3.05) is 0 Å². The molecule has 0 saturated heterocycles.